The van der Waals surface area contributed by atoms with E-state index in [0.717, 1.165) is 12.8 Å². The summed E-state index contributed by atoms with van der Waals surface area (Å²) in [4.78, 5) is 11.3. The van der Waals surface area contributed by atoms with Crippen molar-refractivity contribution in [2.75, 3.05) is 13.7 Å². The van der Waals surface area contributed by atoms with Crippen molar-refractivity contribution in [3.63, 3.8) is 0 Å². The van der Waals surface area contributed by atoms with Gasteiger partial charge in [0.05, 0.1) is 12.1 Å². The van der Waals surface area contributed by atoms with E-state index >= 15 is 0 Å². The Kier molecular flexibility index (Phi) is 2.73. The van der Waals surface area contributed by atoms with Crippen LogP contribution in [0.2, 0.25) is 0 Å². The van der Waals surface area contributed by atoms with Gasteiger partial charge in [-0.1, -0.05) is 0 Å². The molecule has 1 N–H and O–H groups in total. The minimum atomic E-state index is -0.228. The number of methoxy groups -OCH3 is 1. The number of amides is 1. The second kappa shape index (κ2) is 3.44. The van der Waals surface area contributed by atoms with Gasteiger partial charge in [-0.15, -0.1) is 0 Å². The Bertz CT molecular complexity index is 173. The molecule has 0 bridgehead atoms. The Balaban J connectivity index is 2.31. The van der Waals surface area contributed by atoms with Crippen molar-refractivity contribution in [1.29, 1.82) is 0 Å². The van der Waals surface area contributed by atoms with Crippen molar-refractivity contribution < 1.29 is 9.53 Å². The van der Waals surface area contributed by atoms with E-state index in [9.17, 15) is 4.79 Å². The summed E-state index contributed by atoms with van der Waals surface area (Å²) in [5.74, 6) is 0.457. The number of hydrogen-bond donors (Lipinski definition) is 1. The molecule has 3 heteroatoms. The molecule has 1 aliphatic rings. The second-order valence-electron chi connectivity index (χ2n) is 4.08. The van der Waals surface area contributed by atoms with E-state index in [1.807, 2.05) is 13.8 Å². The quantitative estimate of drug-likeness (QED) is 0.683. The molecule has 0 unspecified atom stereocenters. The van der Waals surface area contributed by atoms with Crippen molar-refractivity contribution in [3.8, 4) is 0 Å². The van der Waals surface area contributed by atoms with Crippen molar-refractivity contribution in [2.24, 2.45) is 5.92 Å². The van der Waals surface area contributed by atoms with Gasteiger partial charge in [0.1, 0.15) is 0 Å². The van der Waals surface area contributed by atoms with Crippen LogP contribution in [0.25, 0.3) is 0 Å². The SMILES string of the molecule is COCC(C)(C)NC(=O)C1CC1. The predicted octanol–water partition coefficient (Wildman–Crippen LogP) is 0.938. The average molecular weight is 171 g/mol. The van der Waals surface area contributed by atoms with Crippen molar-refractivity contribution >= 4 is 5.91 Å². The Morgan fingerprint density at radius 1 is 1.58 bits per heavy atom. The van der Waals surface area contributed by atoms with Gasteiger partial charge in [0.2, 0.25) is 5.91 Å². The summed E-state index contributed by atoms with van der Waals surface area (Å²) < 4.78 is 4.99. The molecule has 0 aromatic rings. The topological polar surface area (TPSA) is 38.3 Å². The molecule has 1 amide bonds. The predicted molar refractivity (Wildman–Crippen MR) is 46.8 cm³/mol. The fourth-order valence-corrected chi connectivity index (χ4v) is 1.18. The summed E-state index contributed by atoms with van der Waals surface area (Å²) >= 11 is 0. The van der Waals surface area contributed by atoms with Gasteiger partial charge in [0.15, 0.2) is 0 Å². The molecule has 0 aliphatic heterocycles. The zero-order chi connectivity index (χ0) is 9.19. The maximum atomic E-state index is 11.3. The summed E-state index contributed by atoms with van der Waals surface area (Å²) in [6.45, 7) is 4.50. The highest BCUT2D eigenvalue weighted by Gasteiger charge is 2.32. The van der Waals surface area contributed by atoms with Gasteiger partial charge in [-0.2, -0.15) is 0 Å². The molecule has 0 aromatic heterocycles. The van der Waals surface area contributed by atoms with Crippen LogP contribution < -0.4 is 5.32 Å². The Morgan fingerprint density at radius 2 is 2.17 bits per heavy atom. The lowest BCUT2D eigenvalue weighted by Gasteiger charge is -2.25. The number of carbonyl (C=O) groups is 1. The van der Waals surface area contributed by atoms with Crippen molar-refractivity contribution in [2.45, 2.75) is 32.2 Å². The molecule has 0 saturated heterocycles. The molecule has 70 valence electrons. The third-order valence-corrected chi connectivity index (χ3v) is 1.91. The van der Waals surface area contributed by atoms with E-state index in [1.54, 1.807) is 7.11 Å². The molecule has 0 radical (unpaired) electrons. The van der Waals surface area contributed by atoms with Crippen LogP contribution in [-0.4, -0.2) is 25.2 Å². The first-order valence-corrected chi connectivity index (χ1v) is 4.36. The third kappa shape index (κ3) is 2.81. The summed E-state index contributed by atoms with van der Waals surface area (Å²) in [5.41, 5.74) is -0.228. The third-order valence-electron chi connectivity index (χ3n) is 1.91. The largest absolute Gasteiger partial charge is 0.382 e. The van der Waals surface area contributed by atoms with Gasteiger partial charge in [-0.3, -0.25) is 4.79 Å². The first-order chi connectivity index (χ1) is 5.55. The van der Waals surface area contributed by atoms with Gasteiger partial charge in [0, 0.05) is 13.0 Å². The lowest BCUT2D eigenvalue weighted by molar-refractivity contribution is -0.124. The van der Waals surface area contributed by atoms with Crippen LogP contribution in [0.15, 0.2) is 0 Å². The van der Waals surface area contributed by atoms with Crippen LogP contribution >= 0.6 is 0 Å². The molecule has 12 heavy (non-hydrogen) atoms. The molecule has 0 atom stereocenters. The normalized spacial score (nSPS) is 17.6. The van der Waals surface area contributed by atoms with E-state index in [0.29, 0.717) is 6.61 Å². The van der Waals surface area contributed by atoms with Gasteiger partial charge in [-0.05, 0) is 26.7 Å². The molecular weight excluding hydrogens is 154 g/mol. The molecule has 0 spiro atoms. The maximum Gasteiger partial charge on any atom is 0.223 e. The van der Waals surface area contributed by atoms with Gasteiger partial charge in [0.25, 0.3) is 0 Å². The first kappa shape index (κ1) is 9.52. The summed E-state index contributed by atoms with van der Waals surface area (Å²) in [5, 5.41) is 2.96. The second-order valence-corrected chi connectivity index (χ2v) is 4.08. The average Bonchev–Trinajstić information content (AvgIpc) is 2.65. The minimum Gasteiger partial charge on any atom is -0.382 e. The van der Waals surface area contributed by atoms with E-state index in [-0.39, 0.29) is 17.4 Å². The fraction of sp³-hybridized carbons (Fsp3) is 0.889. The number of rotatable bonds is 4. The molecule has 1 aliphatic carbocycles. The summed E-state index contributed by atoms with van der Waals surface area (Å²) in [6.07, 6.45) is 2.10. The maximum absolute atomic E-state index is 11.3. The van der Waals surface area contributed by atoms with Crippen LogP contribution in [0.5, 0.6) is 0 Å². The molecular formula is C9H17NO2. The van der Waals surface area contributed by atoms with E-state index in [4.69, 9.17) is 4.74 Å². The monoisotopic (exact) mass is 171 g/mol. The zero-order valence-corrected chi connectivity index (χ0v) is 8.02. The van der Waals surface area contributed by atoms with Gasteiger partial charge in [-0.25, -0.2) is 0 Å². The summed E-state index contributed by atoms with van der Waals surface area (Å²) in [7, 11) is 1.64. The summed E-state index contributed by atoms with van der Waals surface area (Å²) in [6, 6.07) is 0. The Hall–Kier alpha value is -0.570. The highest BCUT2D eigenvalue weighted by Crippen LogP contribution is 2.29. The smallest absolute Gasteiger partial charge is 0.223 e. The van der Waals surface area contributed by atoms with Crippen LogP contribution in [0.3, 0.4) is 0 Å². The van der Waals surface area contributed by atoms with Crippen molar-refractivity contribution in [3.05, 3.63) is 0 Å². The van der Waals surface area contributed by atoms with Crippen molar-refractivity contribution in [1.82, 2.24) is 5.32 Å². The van der Waals surface area contributed by atoms with Crippen LogP contribution in [0.1, 0.15) is 26.7 Å². The van der Waals surface area contributed by atoms with E-state index < -0.39 is 0 Å². The van der Waals surface area contributed by atoms with E-state index in [2.05, 4.69) is 5.32 Å². The molecule has 3 nitrogen and oxygen atoms in total. The van der Waals surface area contributed by atoms with Crippen LogP contribution in [0.4, 0.5) is 0 Å². The van der Waals surface area contributed by atoms with E-state index in [1.165, 1.54) is 0 Å². The Morgan fingerprint density at radius 3 is 2.58 bits per heavy atom. The van der Waals surface area contributed by atoms with Gasteiger partial charge >= 0.3 is 0 Å². The lowest BCUT2D eigenvalue weighted by Crippen LogP contribution is -2.47. The molecule has 1 fully saturated rings. The zero-order valence-electron chi connectivity index (χ0n) is 8.02. The van der Waals surface area contributed by atoms with Crippen LogP contribution in [-0.2, 0) is 9.53 Å². The van der Waals surface area contributed by atoms with Gasteiger partial charge < -0.3 is 10.1 Å². The number of carbonyl (C=O) groups excluding carboxylic acids is 1. The molecule has 0 heterocycles. The minimum absolute atomic E-state index is 0.178. The first-order valence-electron chi connectivity index (χ1n) is 4.36. The number of hydrogen-bond acceptors (Lipinski definition) is 2. The molecule has 1 saturated carbocycles. The standard InChI is InChI=1S/C9H17NO2/c1-9(2,6-12-3)10-8(11)7-4-5-7/h7H,4-6H2,1-3H3,(H,10,11). The van der Waals surface area contributed by atoms with Crippen LogP contribution in [0, 0.1) is 5.92 Å². The molecule has 1 rings (SSSR count). The number of ether oxygens (including phenoxy) is 1. The number of nitrogens with one attached hydrogen (secondary N) is 1. The highest BCUT2D eigenvalue weighted by molar-refractivity contribution is 5.81. The fourth-order valence-electron chi connectivity index (χ4n) is 1.18. The molecule has 0 aromatic carbocycles. The lowest BCUT2D eigenvalue weighted by atomic mass is 10.1. The Labute approximate surface area is 73.5 Å². The highest BCUT2D eigenvalue weighted by atomic mass is 16.5.